The van der Waals surface area contributed by atoms with Crippen LogP contribution in [0.2, 0.25) is 0 Å². The maximum absolute atomic E-state index is 6.31. The fraction of sp³-hybridized carbons (Fsp3) is 0.600. The molecule has 2 aliphatic rings. The van der Waals surface area contributed by atoms with Gasteiger partial charge in [0.15, 0.2) is 0 Å². The van der Waals surface area contributed by atoms with E-state index >= 15 is 0 Å². The first kappa shape index (κ1) is 12.0. The summed E-state index contributed by atoms with van der Waals surface area (Å²) in [7, 11) is 0. The average Bonchev–Trinajstić information content (AvgIpc) is 3.09. The topological polar surface area (TPSA) is 44.5 Å². The minimum absolute atomic E-state index is 0.0740. The molecular weight excluding hydrogens is 226 g/mol. The Morgan fingerprint density at radius 2 is 2.00 bits per heavy atom. The molecular formula is C15H21NO2. The van der Waals surface area contributed by atoms with Gasteiger partial charge in [-0.25, -0.2) is 0 Å². The monoisotopic (exact) mass is 247 g/mol. The molecule has 1 aliphatic carbocycles. The second-order valence-electron chi connectivity index (χ2n) is 5.55. The molecule has 2 N–H and O–H groups in total. The van der Waals surface area contributed by atoms with Crippen molar-refractivity contribution in [3.63, 3.8) is 0 Å². The minimum Gasteiger partial charge on any atom is -0.490 e. The first-order valence-electron chi connectivity index (χ1n) is 6.86. The quantitative estimate of drug-likeness (QED) is 0.889. The summed E-state index contributed by atoms with van der Waals surface area (Å²) >= 11 is 0. The Balaban J connectivity index is 1.63. The van der Waals surface area contributed by atoms with E-state index in [2.05, 4.69) is 19.1 Å². The van der Waals surface area contributed by atoms with Crippen LogP contribution >= 0.6 is 0 Å². The summed E-state index contributed by atoms with van der Waals surface area (Å²) in [4.78, 5) is 0. The SMILES string of the molecule is CC1CC(C(N)c2ccc(OC3CC3)cc2)CO1. The van der Waals surface area contributed by atoms with E-state index < -0.39 is 0 Å². The van der Waals surface area contributed by atoms with Crippen LogP contribution < -0.4 is 10.5 Å². The first-order valence-corrected chi connectivity index (χ1v) is 6.86. The smallest absolute Gasteiger partial charge is 0.119 e. The Bertz CT molecular complexity index is 399. The summed E-state index contributed by atoms with van der Waals surface area (Å²) < 4.78 is 11.3. The third kappa shape index (κ3) is 2.68. The van der Waals surface area contributed by atoms with Gasteiger partial charge in [0.1, 0.15) is 5.75 Å². The van der Waals surface area contributed by atoms with Crippen LogP contribution in [0.1, 0.15) is 37.8 Å². The molecule has 1 aromatic carbocycles. The standard InChI is InChI=1S/C15H21NO2/c1-10-8-12(9-17-10)15(16)11-2-4-13(5-3-11)18-14-6-7-14/h2-5,10,12,14-15H,6-9,16H2,1H3. The van der Waals surface area contributed by atoms with E-state index in [9.17, 15) is 0 Å². The Morgan fingerprint density at radius 1 is 1.28 bits per heavy atom. The second-order valence-corrected chi connectivity index (χ2v) is 5.55. The Kier molecular flexibility index (Phi) is 3.27. The minimum atomic E-state index is 0.0740. The maximum atomic E-state index is 6.31. The van der Waals surface area contributed by atoms with Gasteiger partial charge in [-0.05, 0) is 43.9 Å². The highest BCUT2D eigenvalue weighted by atomic mass is 16.5. The van der Waals surface area contributed by atoms with Gasteiger partial charge in [-0.2, -0.15) is 0 Å². The molecule has 0 radical (unpaired) electrons. The molecule has 18 heavy (non-hydrogen) atoms. The van der Waals surface area contributed by atoms with Gasteiger partial charge in [0, 0.05) is 12.0 Å². The van der Waals surface area contributed by atoms with Crippen LogP contribution in [-0.4, -0.2) is 18.8 Å². The number of benzene rings is 1. The van der Waals surface area contributed by atoms with Crippen LogP contribution in [0.3, 0.4) is 0 Å². The number of hydrogen-bond donors (Lipinski definition) is 1. The molecule has 3 unspecified atom stereocenters. The van der Waals surface area contributed by atoms with Crippen molar-refractivity contribution in [2.24, 2.45) is 11.7 Å². The van der Waals surface area contributed by atoms with Crippen LogP contribution in [-0.2, 0) is 4.74 Å². The van der Waals surface area contributed by atoms with E-state index in [0.717, 1.165) is 18.8 Å². The molecule has 0 bridgehead atoms. The first-order chi connectivity index (χ1) is 8.72. The summed E-state index contributed by atoms with van der Waals surface area (Å²) in [5.41, 5.74) is 7.49. The molecule has 2 fully saturated rings. The van der Waals surface area contributed by atoms with E-state index in [-0.39, 0.29) is 6.04 Å². The van der Waals surface area contributed by atoms with Crippen molar-refractivity contribution in [2.75, 3.05) is 6.61 Å². The van der Waals surface area contributed by atoms with Crippen molar-refractivity contribution in [3.8, 4) is 5.75 Å². The molecule has 3 rings (SSSR count). The molecule has 3 nitrogen and oxygen atoms in total. The summed E-state index contributed by atoms with van der Waals surface area (Å²) in [5, 5.41) is 0. The Hall–Kier alpha value is -1.06. The van der Waals surface area contributed by atoms with Crippen LogP contribution in [0.25, 0.3) is 0 Å². The van der Waals surface area contributed by atoms with Crippen LogP contribution in [0.15, 0.2) is 24.3 Å². The van der Waals surface area contributed by atoms with Crippen molar-refractivity contribution in [1.82, 2.24) is 0 Å². The van der Waals surface area contributed by atoms with Gasteiger partial charge in [-0.3, -0.25) is 0 Å². The molecule has 0 aromatic heterocycles. The van der Waals surface area contributed by atoms with Crippen molar-refractivity contribution in [1.29, 1.82) is 0 Å². The fourth-order valence-electron chi connectivity index (χ4n) is 2.52. The second kappa shape index (κ2) is 4.90. The fourth-order valence-corrected chi connectivity index (χ4v) is 2.52. The molecule has 0 spiro atoms. The zero-order valence-electron chi connectivity index (χ0n) is 10.8. The highest BCUT2D eigenvalue weighted by Gasteiger charge is 2.28. The van der Waals surface area contributed by atoms with Gasteiger partial charge in [-0.1, -0.05) is 12.1 Å². The predicted molar refractivity (Wildman–Crippen MR) is 70.5 cm³/mol. The van der Waals surface area contributed by atoms with E-state index in [0.29, 0.717) is 18.1 Å². The van der Waals surface area contributed by atoms with Crippen molar-refractivity contribution < 1.29 is 9.47 Å². The number of ether oxygens (including phenoxy) is 2. The van der Waals surface area contributed by atoms with Gasteiger partial charge in [0.05, 0.1) is 18.8 Å². The zero-order chi connectivity index (χ0) is 12.5. The van der Waals surface area contributed by atoms with Crippen molar-refractivity contribution in [3.05, 3.63) is 29.8 Å². The summed E-state index contributed by atoms with van der Waals surface area (Å²) in [6.45, 7) is 2.89. The van der Waals surface area contributed by atoms with Gasteiger partial charge < -0.3 is 15.2 Å². The normalized spacial score (nSPS) is 29.2. The Morgan fingerprint density at radius 3 is 2.56 bits per heavy atom. The summed E-state index contributed by atoms with van der Waals surface area (Å²) in [5.74, 6) is 1.40. The lowest BCUT2D eigenvalue weighted by Gasteiger charge is -2.18. The largest absolute Gasteiger partial charge is 0.490 e. The average molecular weight is 247 g/mol. The highest BCUT2D eigenvalue weighted by molar-refractivity contribution is 5.30. The maximum Gasteiger partial charge on any atom is 0.119 e. The molecule has 1 saturated heterocycles. The number of hydrogen-bond acceptors (Lipinski definition) is 3. The van der Waals surface area contributed by atoms with E-state index in [1.165, 1.54) is 18.4 Å². The van der Waals surface area contributed by atoms with Crippen molar-refractivity contribution >= 4 is 0 Å². The zero-order valence-corrected chi connectivity index (χ0v) is 10.8. The van der Waals surface area contributed by atoms with E-state index in [4.69, 9.17) is 15.2 Å². The summed E-state index contributed by atoms with van der Waals surface area (Å²) in [6, 6.07) is 8.32. The molecule has 1 aliphatic heterocycles. The number of rotatable bonds is 4. The molecule has 3 heteroatoms. The third-order valence-electron chi connectivity index (χ3n) is 3.83. The lowest BCUT2D eigenvalue weighted by atomic mass is 9.92. The van der Waals surface area contributed by atoms with Crippen LogP contribution in [0.4, 0.5) is 0 Å². The van der Waals surface area contributed by atoms with Gasteiger partial charge in [0.2, 0.25) is 0 Å². The molecule has 3 atom stereocenters. The molecule has 0 amide bonds. The summed E-state index contributed by atoms with van der Waals surface area (Å²) in [6.07, 6.45) is 4.24. The van der Waals surface area contributed by atoms with Crippen LogP contribution in [0, 0.1) is 5.92 Å². The van der Waals surface area contributed by atoms with Gasteiger partial charge >= 0.3 is 0 Å². The lowest BCUT2D eigenvalue weighted by molar-refractivity contribution is 0.118. The van der Waals surface area contributed by atoms with Gasteiger partial charge in [0.25, 0.3) is 0 Å². The highest BCUT2D eigenvalue weighted by Crippen LogP contribution is 2.32. The number of nitrogens with two attached hydrogens (primary N) is 1. The van der Waals surface area contributed by atoms with Crippen molar-refractivity contribution in [2.45, 2.75) is 44.4 Å². The lowest BCUT2D eigenvalue weighted by Crippen LogP contribution is -2.21. The Labute approximate surface area is 108 Å². The molecule has 1 aromatic rings. The predicted octanol–water partition coefficient (Wildman–Crippen LogP) is 2.65. The molecule has 1 heterocycles. The molecule has 98 valence electrons. The van der Waals surface area contributed by atoms with E-state index in [1.807, 2.05) is 12.1 Å². The molecule has 1 saturated carbocycles. The third-order valence-corrected chi connectivity index (χ3v) is 3.83. The van der Waals surface area contributed by atoms with Gasteiger partial charge in [-0.15, -0.1) is 0 Å². The van der Waals surface area contributed by atoms with E-state index in [1.54, 1.807) is 0 Å². The van der Waals surface area contributed by atoms with Crippen LogP contribution in [0.5, 0.6) is 5.75 Å².